The Morgan fingerprint density at radius 3 is 2.31 bits per heavy atom. The number of H-pyrrole nitrogens is 1. The zero-order valence-electron chi connectivity index (χ0n) is 15.6. The fourth-order valence-corrected chi connectivity index (χ4v) is 3.34. The van der Waals surface area contributed by atoms with Crippen molar-refractivity contribution in [1.82, 2.24) is 15.0 Å². The van der Waals surface area contributed by atoms with Crippen LogP contribution < -0.4 is 5.32 Å². The number of aromatic nitrogens is 3. The highest BCUT2D eigenvalue weighted by molar-refractivity contribution is 7.98. The molecule has 2 aromatic carbocycles. The Morgan fingerprint density at radius 1 is 0.931 bits per heavy atom. The molecule has 4 aromatic rings. The molecule has 0 atom stereocenters. The number of nitrogens with zero attached hydrogens (tertiary/aromatic N) is 2. The average Bonchev–Trinajstić information content (AvgIpc) is 3.19. The van der Waals surface area contributed by atoms with Gasteiger partial charge in [0.15, 0.2) is 5.16 Å². The minimum absolute atomic E-state index is 0.259. The molecule has 0 saturated carbocycles. The first-order chi connectivity index (χ1) is 14.1. The normalized spacial score (nSPS) is 10.9. The van der Waals surface area contributed by atoms with Crippen molar-refractivity contribution in [1.29, 1.82) is 0 Å². The molecule has 2 aromatic heterocycles. The first-order valence-corrected chi connectivity index (χ1v) is 10.2. The Labute approximate surface area is 171 Å². The summed E-state index contributed by atoms with van der Waals surface area (Å²) < 4.78 is 26.4. The smallest absolute Gasteiger partial charge is 0.166 e. The van der Waals surface area contributed by atoms with E-state index in [1.165, 1.54) is 36.0 Å². The molecule has 0 amide bonds. The van der Waals surface area contributed by atoms with Crippen molar-refractivity contribution in [3.05, 3.63) is 84.1 Å². The molecule has 0 fully saturated rings. The molecule has 2 N–H and O–H groups in total. The summed E-state index contributed by atoms with van der Waals surface area (Å²) in [6.45, 7) is 0.526. The van der Waals surface area contributed by atoms with Crippen molar-refractivity contribution >= 4 is 17.6 Å². The quantitative estimate of drug-likeness (QED) is 0.399. The van der Waals surface area contributed by atoms with Gasteiger partial charge in [-0.05, 0) is 60.4 Å². The van der Waals surface area contributed by atoms with Gasteiger partial charge in [-0.2, -0.15) is 0 Å². The molecule has 29 heavy (non-hydrogen) atoms. The molecule has 146 valence electrons. The van der Waals surface area contributed by atoms with Gasteiger partial charge in [0.1, 0.15) is 17.5 Å². The lowest BCUT2D eigenvalue weighted by Crippen LogP contribution is -2.01. The highest BCUT2D eigenvalue weighted by Crippen LogP contribution is 2.33. The summed E-state index contributed by atoms with van der Waals surface area (Å²) in [5.41, 5.74) is 4.29. The molecule has 0 radical (unpaired) electrons. The summed E-state index contributed by atoms with van der Waals surface area (Å²) in [7, 11) is 0. The number of anilines is 1. The van der Waals surface area contributed by atoms with Crippen molar-refractivity contribution in [3.63, 3.8) is 0 Å². The van der Waals surface area contributed by atoms with Crippen LogP contribution in [0.4, 0.5) is 14.6 Å². The molecular formula is C22H18F2N4S. The lowest BCUT2D eigenvalue weighted by molar-refractivity contribution is 0.627. The Kier molecular flexibility index (Phi) is 5.57. The fourth-order valence-electron chi connectivity index (χ4n) is 2.95. The number of halogens is 2. The SMILES string of the molecule is CSc1nc(-c2ccnc(NCc3ccc(F)cc3)c2)c(-c2ccc(F)cc2)[nH]1. The van der Waals surface area contributed by atoms with Gasteiger partial charge in [0, 0.05) is 23.9 Å². The molecule has 0 unspecified atom stereocenters. The summed E-state index contributed by atoms with van der Waals surface area (Å²) in [6.07, 6.45) is 3.66. The van der Waals surface area contributed by atoms with Crippen molar-refractivity contribution in [2.24, 2.45) is 0 Å². The van der Waals surface area contributed by atoms with Crippen LogP contribution in [0.3, 0.4) is 0 Å². The number of hydrogen-bond donors (Lipinski definition) is 2. The second kappa shape index (κ2) is 8.45. The molecule has 4 rings (SSSR count). The maximum atomic E-state index is 13.3. The Hall–Kier alpha value is -3.19. The van der Waals surface area contributed by atoms with Gasteiger partial charge in [0.05, 0.1) is 11.4 Å². The van der Waals surface area contributed by atoms with E-state index in [2.05, 4.69) is 20.3 Å². The van der Waals surface area contributed by atoms with Crippen LogP contribution in [0, 0.1) is 11.6 Å². The number of hydrogen-bond acceptors (Lipinski definition) is 4. The number of nitrogens with one attached hydrogen (secondary N) is 2. The summed E-state index contributed by atoms with van der Waals surface area (Å²) in [5.74, 6) is 0.145. The predicted octanol–water partition coefficient (Wildman–Crippen LogP) is 5.75. The maximum absolute atomic E-state index is 13.3. The highest BCUT2D eigenvalue weighted by Gasteiger charge is 2.15. The molecule has 0 saturated heterocycles. The van der Waals surface area contributed by atoms with Crippen molar-refractivity contribution < 1.29 is 8.78 Å². The van der Waals surface area contributed by atoms with Gasteiger partial charge < -0.3 is 10.3 Å². The summed E-state index contributed by atoms with van der Waals surface area (Å²) in [6, 6.07) is 16.5. The highest BCUT2D eigenvalue weighted by atomic mass is 32.2. The second-order valence-corrected chi connectivity index (χ2v) is 7.18. The van der Waals surface area contributed by atoms with E-state index in [1.54, 1.807) is 30.5 Å². The Bertz CT molecular complexity index is 1110. The van der Waals surface area contributed by atoms with Crippen LogP contribution in [0.25, 0.3) is 22.5 Å². The maximum Gasteiger partial charge on any atom is 0.166 e. The van der Waals surface area contributed by atoms with Crippen LogP contribution in [0.15, 0.2) is 72.0 Å². The molecule has 0 spiro atoms. The number of rotatable bonds is 6. The largest absolute Gasteiger partial charge is 0.366 e. The van der Waals surface area contributed by atoms with E-state index in [-0.39, 0.29) is 11.6 Å². The number of benzene rings is 2. The standard InChI is InChI=1S/C22H18F2N4S/c1-29-22-27-20(15-4-8-18(24)9-5-15)21(28-22)16-10-11-25-19(12-16)26-13-14-2-6-17(23)7-3-14/h2-12H,13H2,1H3,(H,25,26)(H,27,28). The number of thioether (sulfide) groups is 1. The molecule has 4 nitrogen and oxygen atoms in total. The molecule has 0 aliphatic heterocycles. The van der Waals surface area contributed by atoms with Crippen molar-refractivity contribution in [2.45, 2.75) is 11.7 Å². The van der Waals surface area contributed by atoms with Gasteiger partial charge >= 0.3 is 0 Å². The molecule has 0 aliphatic carbocycles. The Balaban J connectivity index is 1.63. The first-order valence-electron chi connectivity index (χ1n) is 8.97. The summed E-state index contributed by atoms with van der Waals surface area (Å²) in [5, 5.41) is 4.03. The predicted molar refractivity (Wildman–Crippen MR) is 113 cm³/mol. The summed E-state index contributed by atoms with van der Waals surface area (Å²) >= 11 is 1.51. The van der Waals surface area contributed by atoms with Gasteiger partial charge in [0.25, 0.3) is 0 Å². The monoisotopic (exact) mass is 408 g/mol. The minimum atomic E-state index is -0.281. The minimum Gasteiger partial charge on any atom is -0.366 e. The van der Waals surface area contributed by atoms with Gasteiger partial charge in [-0.3, -0.25) is 0 Å². The zero-order valence-corrected chi connectivity index (χ0v) is 16.4. The van der Waals surface area contributed by atoms with Crippen LogP contribution >= 0.6 is 11.8 Å². The molecule has 0 bridgehead atoms. The van der Waals surface area contributed by atoms with Crippen LogP contribution in [0.2, 0.25) is 0 Å². The zero-order chi connectivity index (χ0) is 20.2. The van der Waals surface area contributed by atoms with E-state index >= 15 is 0 Å². The van der Waals surface area contributed by atoms with Crippen molar-refractivity contribution in [3.8, 4) is 22.5 Å². The number of imidazole rings is 1. The number of aromatic amines is 1. The summed E-state index contributed by atoms with van der Waals surface area (Å²) in [4.78, 5) is 12.3. The van der Waals surface area contributed by atoms with Crippen LogP contribution in [-0.2, 0) is 6.54 Å². The van der Waals surface area contributed by atoms with Gasteiger partial charge in [-0.15, -0.1) is 0 Å². The fraction of sp³-hybridized carbons (Fsp3) is 0.0909. The molecule has 7 heteroatoms. The lowest BCUT2D eigenvalue weighted by Gasteiger charge is -2.08. The van der Waals surface area contributed by atoms with E-state index < -0.39 is 0 Å². The van der Waals surface area contributed by atoms with Gasteiger partial charge in [0.2, 0.25) is 0 Å². The van der Waals surface area contributed by atoms with E-state index in [0.717, 1.165) is 33.2 Å². The van der Waals surface area contributed by atoms with Crippen molar-refractivity contribution in [2.75, 3.05) is 11.6 Å². The Morgan fingerprint density at radius 2 is 1.62 bits per heavy atom. The van der Waals surface area contributed by atoms with E-state index in [4.69, 9.17) is 0 Å². The molecular weight excluding hydrogens is 390 g/mol. The first kappa shape index (κ1) is 19.1. The molecule has 0 aliphatic rings. The third kappa shape index (κ3) is 4.46. The van der Waals surface area contributed by atoms with E-state index in [0.29, 0.717) is 12.4 Å². The third-order valence-electron chi connectivity index (χ3n) is 4.43. The number of pyridine rings is 1. The van der Waals surface area contributed by atoms with E-state index in [9.17, 15) is 8.78 Å². The second-order valence-electron chi connectivity index (χ2n) is 6.39. The third-order valence-corrected chi connectivity index (χ3v) is 5.01. The molecule has 2 heterocycles. The van der Waals surface area contributed by atoms with Gasteiger partial charge in [-0.25, -0.2) is 18.7 Å². The van der Waals surface area contributed by atoms with Crippen LogP contribution in [-0.4, -0.2) is 21.2 Å². The van der Waals surface area contributed by atoms with Gasteiger partial charge in [-0.1, -0.05) is 23.9 Å². The topological polar surface area (TPSA) is 53.6 Å². The van der Waals surface area contributed by atoms with E-state index in [1.807, 2.05) is 18.4 Å². The average molecular weight is 408 g/mol. The lowest BCUT2D eigenvalue weighted by atomic mass is 10.1. The van der Waals surface area contributed by atoms with Crippen LogP contribution in [0.5, 0.6) is 0 Å². The van der Waals surface area contributed by atoms with Crippen LogP contribution in [0.1, 0.15) is 5.56 Å².